The first-order valence-corrected chi connectivity index (χ1v) is 13.7. The van der Waals surface area contributed by atoms with Crippen molar-refractivity contribution >= 4 is 32.1 Å². The van der Waals surface area contributed by atoms with Gasteiger partial charge in [-0.2, -0.15) is 0 Å². The highest BCUT2D eigenvalue weighted by molar-refractivity contribution is 6.74. The lowest BCUT2D eigenvalue weighted by atomic mass is 9.97. The Morgan fingerprint density at radius 3 is 2.28 bits per heavy atom. The minimum Gasteiger partial charge on any atom is -0.410 e. The van der Waals surface area contributed by atoms with Crippen molar-refractivity contribution in [3.8, 4) is 0 Å². The minimum atomic E-state index is -2.30. The lowest BCUT2D eigenvalue weighted by molar-refractivity contribution is -0.176. The molecule has 2 amide bonds. The fourth-order valence-electron chi connectivity index (χ4n) is 2.99. The average molecular weight is 469 g/mol. The number of hydrogen-bond donors (Lipinski definition) is 1. The predicted octanol–water partition coefficient (Wildman–Crippen LogP) is 2.47. The molecule has 32 heavy (non-hydrogen) atoms. The number of amides is 2. The molecule has 1 saturated heterocycles. The molecular weight excluding hydrogens is 432 g/mol. The van der Waals surface area contributed by atoms with E-state index in [1.54, 1.807) is 38.8 Å². The van der Waals surface area contributed by atoms with E-state index in [9.17, 15) is 19.2 Å². The van der Waals surface area contributed by atoms with Crippen LogP contribution in [0.4, 0.5) is 0 Å². The van der Waals surface area contributed by atoms with E-state index < -0.39 is 55.9 Å². The number of hydrogen-bond acceptors (Lipinski definition) is 8. The van der Waals surface area contributed by atoms with Gasteiger partial charge in [-0.15, -0.1) is 0 Å². The fraction of sp³-hybridized carbons (Fsp3) is 0.727. The van der Waals surface area contributed by atoms with Crippen molar-refractivity contribution in [2.75, 3.05) is 6.54 Å². The molecule has 0 bridgehead atoms. The van der Waals surface area contributed by atoms with Crippen LogP contribution in [-0.4, -0.2) is 62.0 Å². The molecule has 2 heterocycles. The van der Waals surface area contributed by atoms with Crippen molar-refractivity contribution in [2.24, 2.45) is 5.41 Å². The Hall–Kier alpha value is -2.04. The maximum absolute atomic E-state index is 12.9. The molecule has 0 aliphatic carbocycles. The third-order valence-corrected chi connectivity index (χ3v) is 10.5. The molecule has 0 aromatic heterocycles. The van der Waals surface area contributed by atoms with Crippen LogP contribution in [0.2, 0.25) is 18.1 Å². The molecule has 1 N–H and O–H groups in total. The third kappa shape index (κ3) is 6.05. The van der Waals surface area contributed by atoms with E-state index in [1.165, 1.54) is 0 Å². The van der Waals surface area contributed by atoms with E-state index in [-0.39, 0.29) is 18.0 Å². The highest BCUT2D eigenvalue weighted by Crippen LogP contribution is 2.40. The Morgan fingerprint density at radius 2 is 1.75 bits per heavy atom. The number of nitrogens with one attached hydrogen (secondary N) is 1. The first-order chi connectivity index (χ1) is 14.4. The number of carbonyl (C=O) groups excluding carboxylic acids is 4. The topological polar surface area (TPSA) is 111 Å². The third-order valence-electron chi connectivity index (χ3n) is 6.03. The molecule has 2 aliphatic heterocycles. The summed E-state index contributed by atoms with van der Waals surface area (Å²) in [6, 6.07) is 0. The van der Waals surface area contributed by atoms with Crippen LogP contribution in [0.3, 0.4) is 0 Å². The smallest absolute Gasteiger partial charge is 0.345 e. The highest BCUT2D eigenvalue weighted by atomic mass is 28.4. The van der Waals surface area contributed by atoms with Crippen LogP contribution in [0, 0.1) is 5.41 Å². The van der Waals surface area contributed by atoms with Crippen LogP contribution < -0.4 is 5.32 Å². The first kappa shape index (κ1) is 26.2. The van der Waals surface area contributed by atoms with Gasteiger partial charge >= 0.3 is 11.9 Å². The number of esters is 2. The molecule has 10 heteroatoms. The number of ether oxygens (including phenoxy) is 2. The second-order valence-electron chi connectivity index (χ2n) is 11.0. The number of imide groups is 1. The maximum Gasteiger partial charge on any atom is 0.345 e. The van der Waals surface area contributed by atoms with Gasteiger partial charge in [0, 0.05) is 18.2 Å². The van der Waals surface area contributed by atoms with Gasteiger partial charge in [0.15, 0.2) is 14.4 Å². The average Bonchev–Trinajstić information content (AvgIpc) is 2.96. The summed E-state index contributed by atoms with van der Waals surface area (Å²) in [7, 11) is -2.30. The van der Waals surface area contributed by atoms with Crippen LogP contribution in [-0.2, 0) is 33.1 Å². The molecule has 2 aliphatic rings. The fourth-order valence-corrected chi connectivity index (χ4v) is 4.32. The summed E-state index contributed by atoms with van der Waals surface area (Å²) in [4.78, 5) is 50.8. The molecule has 9 nitrogen and oxygen atoms in total. The van der Waals surface area contributed by atoms with Crippen molar-refractivity contribution in [1.29, 1.82) is 0 Å². The van der Waals surface area contributed by atoms with Crippen LogP contribution in [0.1, 0.15) is 54.9 Å². The molecule has 0 radical (unpaired) electrons. The first-order valence-electron chi connectivity index (χ1n) is 10.8. The van der Waals surface area contributed by atoms with Gasteiger partial charge in [-0.3, -0.25) is 19.7 Å². The van der Waals surface area contributed by atoms with Gasteiger partial charge in [-0.05, 0) is 45.8 Å². The van der Waals surface area contributed by atoms with Crippen LogP contribution in [0.5, 0.6) is 0 Å². The summed E-state index contributed by atoms with van der Waals surface area (Å²) in [5.74, 6) is -2.41. The second-order valence-corrected chi connectivity index (χ2v) is 15.7. The van der Waals surface area contributed by atoms with E-state index in [0.29, 0.717) is 5.57 Å². The van der Waals surface area contributed by atoms with E-state index in [2.05, 4.69) is 39.2 Å². The quantitative estimate of drug-likeness (QED) is 0.290. The Labute approximate surface area is 191 Å². The molecule has 0 aromatic rings. The van der Waals surface area contributed by atoms with Crippen molar-refractivity contribution in [3.05, 3.63) is 11.8 Å². The van der Waals surface area contributed by atoms with E-state index >= 15 is 0 Å². The number of nitrogens with zero attached hydrogens (tertiary/aromatic N) is 1. The molecule has 1 fully saturated rings. The lowest BCUT2D eigenvalue weighted by Gasteiger charge is -2.39. The molecule has 0 aromatic carbocycles. The Bertz CT molecular complexity index is 823. The predicted molar refractivity (Wildman–Crippen MR) is 120 cm³/mol. The summed E-state index contributed by atoms with van der Waals surface area (Å²) in [6.45, 7) is 16.8. The lowest BCUT2D eigenvalue weighted by Crippen LogP contribution is -2.48. The van der Waals surface area contributed by atoms with Crippen LogP contribution in [0.15, 0.2) is 11.8 Å². The van der Waals surface area contributed by atoms with Gasteiger partial charge in [0.2, 0.25) is 5.91 Å². The summed E-state index contributed by atoms with van der Waals surface area (Å²) in [5, 5.41) is 2.17. The zero-order chi connectivity index (χ0) is 24.6. The van der Waals surface area contributed by atoms with Gasteiger partial charge in [0.1, 0.15) is 6.23 Å². The molecule has 3 atom stereocenters. The highest BCUT2D eigenvalue weighted by Gasteiger charge is 2.49. The Morgan fingerprint density at radius 1 is 1.16 bits per heavy atom. The Balaban J connectivity index is 2.31. The largest absolute Gasteiger partial charge is 0.410 e. The monoisotopic (exact) mass is 468 g/mol. The minimum absolute atomic E-state index is 0.108. The maximum atomic E-state index is 12.9. The van der Waals surface area contributed by atoms with Crippen LogP contribution >= 0.6 is 0 Å². The SMILES string of the molecule is CC1=CN(C2CC(O[Si](C)(C)C(C)(C)C)C(C(=O)OC(=O)C(C)(C)C)O2)CC(=O)NC1=O. The molecule has 0 spiro atoms. The van der Waals surface area contributed by atoms with Gasteiger partial charge in [-0.25, -0.2) is 4.79 Å². The van der Waals surface area contributed by atoms with Gasteiger partial charge in [0.25, 0.3) is 5.91 Å². The summed E-state index contributed by atoms with van der Waals surface area (Å²) in [5.41, 5.74) is -0.512. The molecule has 2 rings (SSSR count). The number of carbonyl (C=O) groups is 4. The van der Waals surface area contributed by atoms with E-state index in [1.807, 2.05) is 0 Å². The summed E-state index contributed by atoms with van der Waals surface area (Å²) in [6.07, 6.45) is -0.657. The standard InChI is InChI=1S/C22H36N2O7Si/c1-13-11-24(12-15(25)23-18(13)26)16-10-14(31-32(8,9)22(5,6)7)17(29-16)19(27)30-20(28)21(2,3)4/h11,14,16-17H,10,12H2,1-9H3,(H,23,25,26). The Kier molecular flexibility index (Phi) is 7.43. The number of rotatable bonds is 4. The molecule has 180 valence electrons. The van der Waals surface area contributed by atoms with Crippen molar-refractivity contribution in [3.63, 3.8) is 0 Å². The summed E-state index contributed by atoms with van der Waals surface area (Å²) < 4.78 is 17.6. The van der Waals surface area contributed by atoms with Crippen LogP contribution in [0.25, 0.3) is 0 Å². The van der Waals surface area contributed by atoms with E-state index in [0.717, 1.165) is 0 Å². The molecule has 0 saturated carbocycles. The van der Waals surface area contributed by atoms with Gasteiger partial charge in [-0.1, -0.05) is 20.8 Å². The molecular formula is C22H36N2O7Si. The normalized spacial score (nSPS) is 25.2. The van der Waals surface area contributed by atoms with Gasteiger partial charge < -0.3 is 18.8 Å². The molecule has 3 unspecified atom stereocenters. The zero-order valence-corrected chi connectivity index (χ0v) is 21.5. The van der Waals surface area contributed by atoms with E-state index in [4.69, 9.17) is 13.9 Å². The van der Waals surface area contributed by atoms with Gasteiger partial charge in [0.05, 0.1) is 18.1 Å². The second kappa shape index (κ2) is 9.07. The summed E-state index contributed by atoms with van der Waals surface area (Å²) >= 11 is 0. The van der Waals surface area contributed by atoms with Crippen molar-refractivity contribution in [2.45, 2.75) is 91.5 Å². The van der Waals surface area contributed by atoms with Crippen molar-refractivity contribution < 1.29 is 33.1 Å². The zero-order valence-electron chi connectivity index (χ0n) is 20.5. The van der Waals surface area contributed by atoms with Crippen molar-refractivity contribution in [1.82, 2.24) is 10.2 Å².